The minimum atomic E-state index is -0.668. The number of carboxylic acids is 1. The van der Waals surface area contributed by atoms with Gasteiger partial charge in [0.25, 0.3) is 0 Å². The highest BCUT2D eigenvalue weighted by atomic mass is 16.4. The Morgan fingerprint density at radius 2 is 1.29 bits per heavy atom. The zero-order chi connectivity index (χ0) is 15.6. The first kappa shape index (κ1) is 19.7. The summed E-state index contributed by atoms with van der Waals surface area (Å²) in [6, 6.07) is 0. The van der Waals surface area contributed by atoms with E-state index < -0.39 is 5.97 Å². The molecule has 0 aliphatic rings. The number of aliphatic carboxylic acids is 1. The lowest BCUT2D eigenvalue weighted by Gasteiger charge is -2.00. The molecule has 0 saturated carbocycles. The number of hydrogen-bond donors (Lipinski definition) is 1. The van der Waals surface area contributed by atoms with E-state index in [0.717, 1.165) is 25.7 Å². The molecular weight excluding hydrogens is 260 g/mol. The van der Waals surface area contributed by atoms with Crippen molar-refractivity contribution in [3.63, 3.8) is 0 Å². The van der Waals surface area contributed by atoms with Crippen LogP contribution in [0.4, 0.5) is 0 Å². The average molecular weight is 292 g/mol. The first-order valence-electron chi connectivity index (χ1n) is 8.40. The summed E-state index contributed by atoms with van der Waals surface area (Å²) in [5.41, 5.74) is 0. The molecule has 1 N–H and O–H groups in total. The van der Waals surface area contributed by atoms with Crippen molar-refractivity contribution in [3.05, 3.63) is 36.5 Å². The third kappa shape index (κ3) is 18.7. The van der Waals surface area contributed by atoms with Crippen LogP contribution in [0.5, 0.6) is 0 Å². The van der Waals surface area contributed by atoms with E-state index in [9.17, 15) is 4.79 Å². The molecule has 0 aromatic rings. The summed E-state index contributed by atoms with van der Waals surface area (Å²) in [4.78, 5) is 10.3. The zero-order valence-corrected chi connectivity index (χ0v) is 13.6. The zero-order valence-electron chi connectivity index (χ0n) is 13.6. The van der Waals surface area contributed by atoms with E-state index in [1.54, 1.807) is 0 Å². The summed E-state index contributed by atoms with van der Waals surface area (Å²) >= 11 is 0. The molecule has 0 heterocycles. The monoisotopic (exact) mass is 292 g/mol. The molecule has 0 amide bonds. The number of allylic oxidation sites excluding steroid dienone is 6. The second-order valence-electron chi connectivity index (χ2n) is 5.39. The maximum absolute atomic E-state index is 10.3. The summed E-state index contributed by atoms with van der Waals surface area (Å²) in [5.74, 6) is -0.668. The molecule has 0 unspecified atom stereocenters. The molecule has 0 rings (SSSR count). The van der Waals surface area contributed by atoms with E-state index in [-0.39, 0.29) is 0 Å². The van der Waals surface area contributed by atoms with Gasteiger partial charge in [-0.15, -0.1) is 0 Å². The van der Waals surface area contributed by atoms with Crippen LogP contribution in [0.2, 0.25) is 0 Å². The molecule has 120 valence electrons. The number of carboxylic acid groups (broad SMARTS) is 1. The molecule has 0 aliphatic carbocycles. The van der Waals surface area contributed by atoms with Crippen LogP contribution in [0.25, 0.3) is 0 Å². The molecular formula is C19H32O2. The largest absolute Gasteiger partial charge is 0.481 e. The Hall–Kier alpha value is -1.31. The Morgan fingerprint density at radius 3 is 1.90 bits per heavy atom. The molecule has 0 bridgehead atoms. The van der Waals surface area contributed by atoms with Crippen molar-refractivity contribution in [2.45, 2.75) is 77.6 Å². The molecule has 0 aromatic heterocycles. The molecule has 0 fully saturated rings. The summed E-state index contributed by atoms with van der Waals surface area (Å²) in [6.07, 6.45) is 24.9. The van der Waals surface area contributed by atoms with Crippen molar-refractivity contribution in [2.75, 3.05) is 0 Å². The van der Waals surface area contributed by atoms with Gasteiger partial charge in [0.1, 0.15) is 0 Å². The highest BCUT2D eigenvalue weighted by Crippen LogP contribution is 2.10. The molecule has 0 aliphatic heterocycles. The SMILES string of the molecule is CC=CCC=CCC=CCCCCCCCCCC(=O)O. The second-order valence-corrected chi connectivity index (χ2v) is 5.39. The Balaban J connectivity index is 3.17. The van der Waals surface area contributed by atoms with Crippen molar-refractivity contribution in [3.8, 4) is 0 Å². The Morgan fingerprint density at radius 1 is 0.762 bits per heavy atom. The van der Waals surface area contributed by atoms with Crippen LogP contribution < -0.4 is 0 Å². The first-order chi connectivity index (χ1) is 10.3. The van der Waals surface area contributed by atoms with Crippen LogP contribution in [0, 0.1) is 0 Å². The van der Waals surface area contributed by atoms with Crippen LogP contribution in [-0.4, -0.2) is 11.1 Å². The maximum Gasteiger partial charge on any atom is 0.303 e. The van der Waals surface area contributed by atoms with Crippen molar-refractivity contribution >= 4 is 5.97 Å². The lowest BCUT2D eigenvalue weighted by Crippen LogP contribution is -1.93. The molecule has 0 radical (unpaired) electrons. The molecule has 0 aromatic carbocycles. The number of carbonyl (C=O) groups is 1. The first-order valence-corrected chi connectivity index (χ1v) is 8.40. The summed E-state index contributed by atoms with van der Waals surface area (Å²) in [6.45, 7) is 2.05. The summed E-state index contributed by atoms with van der Waals surface area (Å²) in [7, 11) is 0. The second kappa shape index (κ2) is 16.7. The van der Waals surface area contributed by atoms with E-state index >= 15 is 0 Å². The Bertz CT molecular complexity index is 314. The van der Waals surface area contributed by atoms with Crippen LogP contribution in [-0.2, 0) is 4.79 Å². The lowest BCUT2D eigenvalue weighted by molar-refractivity contribution is -0.137. The fourth-order valence-corrected chi connectivity index (χ4v) is 2.12. The van der Waals surface area contributed by atoms with Gasteiger partial charge >= 0.3 is 5.97 Å². The molecule has 2 heteroatoms. The van der Waals surface area contributed by atoms with E-state index in [4.69, 9.17) is 5.11 Å². The van der Waals surface area contributed by atoms with Gasteiger partial charge in [-0.1, -0.05) is 68.6 Å². The highest BCUT2D eigenvalue weighted by molar-refractivity contribution is 5.66. The maximum atomic E-state index is 10.3. The highest BCUT2D eigenvalue weighted by Gasteiger charge is 1.96. The molecule has 0 saturated heterocycles. The average Bonchev–Trinajstić information content (AvgIpc) is 2.46. The normalized spacial score (nSPS) is 12.0. The molecule has 21 heavy (non-hydrogen) atoms. The minimum absolute atomic E-state index is 0.327. The van der Waals surface area contributed by atoms with Gasteiger partial charge in [-0.05, 0) is 39.0 Å². The van der Waals surface area contributed by atoms with Gasteiger partial charge < -0.3 is 5.11 Å². The van der Waals surface area contributed by atoms with Crippen LogP contribution in [0.1, 0.15) is 77.6 Å². The third-order valence-electron chi connectivity index (χ3n) is 3.37. The summed E-state index contributed by atoms with van der Waals surface area (Å²) in [5, 5.41) is 8.52. The standard InChI is InChI=1S/C19H32O2/c1-2-3-4-5-6-7-8-9-10-11-12-13-14-15-16-17-18-19(20)21/h2-3,5-6,8-9H,4,7,10-18H2,1H3,(H,20,21). The van der Waals surface area contributed by atoms with Gasteiger partial charge in [-0.3, -0.25) is 4.79 Å². The number of rotatable bonds is 14. The predicted octanol–water partition coefficient (Wildman–Crippen LogP) is 6.05. The van der Waals surface area contributed by atoms with Crippen LogP contribution in [0.15, 0.2) is 36.5 Å². The fraction of sp³-hybridized carbons (Fsp3) is 0.632. The molecule has 0 atom stereocenters. The summed E-state index contributed by atoms with van der Waals surface area (Å²) < 4.78 is 0. The molecule has 0 spiro atoms. The minimum Gasteiger partial charge on any atom is -0.481 e. The molecule has 2 nitrogen and oxygen atoms in total. The van der Waals surface area contributed by atoms with Gasteiger partial charge in [-0.2, -0.15) is 0 Å². The van der Waals surface area contributed by atoms with Gasteiger partial charge in [-0.25, -0.2) is 0 Å². The Labute approximate surface area is 130 Å². The van der Waals surface area contributed by atoms with Crippen molar-refractivity contribution in [1.82, 2.24) is 0 Å². The van der Waals surface area contributed by atoms with E-state index in [1.807, 2.05) is 6.92 Å². The van der Waals surface area contributed by atoms with Gasteiger partial charge in [0.05, 0.1) is 0 Å². The smallest absolute Gasteiger partial charge is 0.303 e. The van der Waals surface area contributed by atoms with E-state index in [1.165, 1.54) is 38.5 Å². The lowest BCUT2D eigenvalue weighted by atomic mass is 10.1. The van der Waals surface area contributed by atoms with Gasteiger partial charge in [0, 0.05) is 6.42 Å². The quantitative estimate of drug-likeness (QED) is 0.312. The van der Waals surface area contributed by atoms with Crippen LogP contribution >= 0.6 is 0 Å². The van der Waals surface area contributed by atoms with Crippen LogP contribution in [0.3, 0.4) is 0 Å². The predicted molar refractivity (Wildman–Crippen MR) is 91.5 cm³/mol. The van der Waals surface area contributed by atoms with Gasteiger partial charge in [0.2, 0.25) is 0 Å². The van der Waals surface area contributed by atoms with E-state index in [2.05, 4.69) is 36.5 Å². The van der Waals surface area contributed by atoms with Crippen molar-refractivity contribution < 1.29 is 9.90 Å². The van der Waals surface area contributed by atoms with Gasteiger partial charge in [0.15, 0.2) is 0 Å². The number of hydrogen-bond acceptors (Lipinski definition) is 1. The fourth-order valence-electron chi connectivity index (χ4n) is 2.12. The Kier molecular flexibility index (Phi) is 15.7. The third-order valence-corrected chi connectivity index (χ3v) is 3.37. The number of unbranched alkanes of at least 4 members (excludes halogenated alkanes) is 7. The van der Waals surface area contributed by atoms with Crippen molar-refractivity contribution in [1.29, 1.82) is 0 Å². The van der Waals surface area contributed by atoms with Crippen molar-refractivity contribution in [2.24, 2.45) is 0 Å². The van der Waals surface area contributed by atoms with E-state index in [0.29, 0.717) is 6.42 Å². The topological polar surface area (TPSA) is 37.3 Å².